The Kier molecular flexibility index (Phi) is 6.16. The van der Waals surface area contributed by atoms with Gasteiger partial charge in [0.25, 0.3) is 0 Å². The molecular formula is C17H25F3N4O. The summed E-state index contributed by atoms with van der Waals surface area (Å²) in [5, 5.41) is 0. The minimum Gasteiger partial charge on any atom is -0.378 e. The third-order valence-corrected chi connectivity index (χ3v) is 3.97. The first-order chi connectivity index (χ1) is 11.7. The van der Waals surface area contributed by atoms with E-state index in [2.05, 4.69) is 4.99 Å². The first-order valence-corrected chi connectivity index (χ1v) is 8.12. The van der Waals surface area contributed by atoms with Crippen molar-refractivity contribution in [3.05, 3.63) is 29.3 Å². The molecule has 1 aromatic carbocycles. The van der Waals surface area contributed by atoms with Crippen molar-refractivity contribution in [1.82, 2.24) is 9.80 Å². The second-order valence-corrected chi connectivity index (χ2v) is 6.34. The van der Waals surface area contributed by atoms with E-state index in [1.165, 1.54) is 12.1 Å². The van der Waals surface area contributed by atoms with Gasteiger partial charge in [-0.15, -0.1) is 0 Å². The minimum atomic E-state index is -4.41. The molecule has 0 N–H and O–H groups in total. The highest BCUT2D eigenvalue weighted by atomic mass is 19.4. The minimum absolute atomic E-state index is 0.0239. The van der Waals surface area contributed by atoms with Crippen LogP contribution in [0.15, 0.2) is 23.2 Å². The molecule has 1 heterocycles. The van der Waals surface area contributed by atoms with Gasteiger partial charge in [-0.05, 0) is 17.7 Å². The molecule has 1 aliphatic heterocycles. The van der Waals surface area contributed by atoms with Crippen molar-refractivity contribution in [2.75, 3.05) is 59.4 Å². The van der Waals surface area contributed by atoms with Crippen LogP contribution in [-0.4, -0.2) is 70.3 Å². The van der Waals surface area contributed by atoms with Crippen molar-refractivity contribution in [3.63, 3.8) is 0 Å². The molecule has 2 rings (SSSR count). The van der Waals surface area contributed by atoms with Gasteiger partial charge in [0.1, 0.15) is 0 Å². The van der Waals surface area contributed by atoms with E-state index < -0.39 is 11.7 Å². The Morgan fingerprint density at radius 1 is 1.12 bits per heavy atom. The second kappa shape index (κ2) is 7.95. The average molecular weight is 358 g/mol. The number of ether oxygens (including phenoxy) is 1. The van der Waals surface area contributed by atoms with E-state index in [1.807, 2.05) is 33.1 Å². The Morgan fingerprint density at radius 3 is 2.24 bits per heavy atom. The summed E-state index contributed by atoms with van der Waals surface area (Å²) in [7, 11) is 7.24. The van der Waals surface area contributed by atoms with Gasteiger partial charge in [0.05, 0.1) is 25.3 Å². The Balaban J connectivity index is 2.32. The van der Waals surface area contributed by atoms with Gasteiger partial charge in [-0.3, -0.25) is 0 Å². The van der Waals surface area contributed by atoms with Gasteiger partial charge in [0.2, 0.25) is 0 Å². The molecule has 1 aliphatic rings. The molecule has 0 spiro atoms. The Hall–Kier alpha value is -1.96. The van der Waals surface area contributed by atoms with E-state index in [-0.39, 0.29) is 12.1 Å². The Bertz CT molecular complexity index is 598. The summed E-state index contributed by atoms with van der Waals surface area (Å²) < 4.78 is 45.8. The van der Waals surface area contributed by atoms with Gasteiger partial charge in [0.15, 0.2) is 5.96 Å². The van der Waals surface area contributed by atoms with Gasteiger partial charge in [-0.2, -0.15) is 13.2 Å². The Morgan fingerprint density at radius 2 is 1.72 bits per heavy atom. The number of alkyl halides is 3. The lowest BCUT2D eigenvalue weighted by Gasteiger charge is -2.29. The standard InChI is InChI=1S/C17H25F3N4O/c1-22(2)16(23(3)4)21-12-13-5-6-14(11-15(13)17(18,19)20)24-7-9-25-10-8-24/h5-6,11H,7-10,12H2,1-4H3. The molecule has 0 amide bonds. The summed E-state index contributed by atoms with van der Waals surface area (Å²) in [6.45, 7) is 2.23. The summed E-state index contributed by atoms with van der Waals surface area (Å²) in [5.74, 6) is 0.616. The molecule has 0 aromatic heterocycles. The summed E-state index contributed by atoms with van der Waals surface area (Å²) in [6, 6.07) is 4.48. The quantitative estimate of drug-likeness (QED) is 0.614. The molecular weight excluding hydrogens is 333 g/mol. The fourth-order valence-corrected chi connectivity index (χ4v) is 2.82. The van der Waals surface area contributed by atoms with Crippen molar-refractivity contribution < 1.29 is 17.9 Å². The fourth-order valence-electron chi connectivity index (χ4n) is 2.82. The number of aliphatic imine (C=N–C) groups is 1. The zero-order valence-electron chi connectivity index (χ0n) is 15.1. The van der Waals surface area contributed by atoms with Crippen LogP contribution < -0.4 is 4.90 Å². The molecule has 25 heavy (non-hydrogen) atoms. The SMILES string of the molecule is CN(C)C(=NCc1ccc(N2CCOCC2)cc1C(F)(F)F)N(C)C. The van der Waals surface area contributed by atoms with Crippen molar-refractivity contribution in [3.8, 4) is 0 Å². The van der Waals surface area contributed by atoms with Crippen LogP contribution in [0.3, 0.4) is 0 Å². The topological polar surface area (TPSA) is 31.3 Å². The number of nitrogens with zero attached hydrogens (tertiary/aromatic N) is 4. The van der Waals surface area contributed by atoms with Gasteiger partial charge < -0.3 is 19.4 Å². The molecule has 8 heteroatoms. The smallest absolute Gasteiger partial charge is 0.378 e. The lowest BCUT2D eigenvalue weighted by atomic mass is 10.1. The zero-order chi connectivity index (χ0) is 18.6. The normalized spacial score (nSPS) is 15.1. The van der Waals surface area contributed by atoms with Gasteiger partial charge in [-0.25, -0.2) is 4.99 Å². The number of morpholine rings is 1. The number of rotatable bonds is 3. The zero-order valence-corrected chi connectivity index (χ0v) is 15.1. The molecule has 5 nitrogen and oxygen atoms in total. The van der Waals surface area contributed by atoms with E-state index in [4.69, 9.17) is 4.74 Å². The summed E-state index contributed by atoms with van der Waals surface area (Å²) in [4.78, 5) is 9.80. The van der Waals surface area contributed by atoms with Gasteiger partial charge in [0, 0.05) is 47.0 Å². The van der Waals surface area contributed by atoms with Gasteiger partial charge in [-0.1, -0.05) is 6.07 Å². The highest BCUT2D eigenvalue weighted by Crippen LogP contribution is 2.35. The molecule has 0 aliphatic carbocycles. The second-order valence-electron chi connectivity index (χ2n) is 6.34. The van der Waals surface area contributed by atoms with Crippen LogP contribution >= 0.6 is 0 Å². The van der Waals surface area contributed by atoms with Crippen LogP contribution in [0.5, 0.6) is 0 Å². The molecule has 0 unspecified atom stereocenters. The summed E-state index contributed by atoms with van der Waals surface area (Å²) in [6.07, 6.45) is -4.41. The highest BCUT2D eigenvalue weighted by molar-refractivity contribution is 5.79. The monoisotopic (exact) mass is 358 g/mol. The van der Waals surface area contributed by atoms with E-state index in [0.29, 0.717) is 38.0 Å². The molecule has 140 valence electrons. The number of benzene rings is 1. The predicted octanol–water partition coefficient (Wildman–Crippen LogP) is 2.52. The van der Waals surface area contributed by atoms with Crippen molar-refractivity contribution in [2.45, 2.75) is 12.7 Å². The van der Waals surface area contributed by atoms with Crippen LogP contribution in [-0.2, 0) is 17.5 Å². The predicted molar refractivity (Wildman–Crippen MR) is 93.0 cm³/mol. The van der Waals surface area contributed by atoms with E-state index >= 15 is 0 Å². The number of halogens is 3. The first-order valence-electron chi connectivity index (χ1n) is 8.12. The first kappa shape index (κ1) is 19.4. The maximum atomic E-state index is 13.5. The number of anilines is 1. The largest absolute Gasteiger partial charge is 0.416 e. The number of hydrogen-bond acceptors (Lipinski definition) is 3. The maximum Gasteiger partial charge on any atom is 0.416 e. The molecule has 1 fully saturated rings. The third-order valence-electron chi connectivity index (χ3n) is 3.97. The molecule has 0 saturated carbocycles. The number of hydrogen-bond donors (Lipinski definition) is 0. The van der Waals surface area contributed by atoms with E-state index in [1.54, 1.807) is 15.9 Å². The molecule has 1 aromatic rings. The maximum absolute atomic E-state index is 13.5. The van der Waals surface area contributed by atoms with E-state index in [9.17, 15) is 13.2 Å². The third kappa shape index (κ3) is 5.01. The van der Waals surface area contributed by atoms with Crippen LogP contribution in [0.2, 0.25) is 0 Å². The highest BCUT2D eigenvalue weighted by Gasteiger charge is 2.34. The molecule has 1 saturated heterocycles. The molecule has 0 atom stereocenters. The van der Waals surface area contributed by atoms with Crippen LogP contribution in [0, 0.1) is 0 Å². The summed E-state index contributed by atoms with van der Waals surface area (Å²) in [5.41, 5.74) is 0.117. The van der Waals surface area contributed by atoms with Crippen molar-refractivity contribution in [1.29, 1.82) is 0 Å². The average Bonchev–Trinajstić information content (AvgIpc) is 2.54. The number of guanidine groups is 1. The molecule has 0 radical (unpaired) electrons. The van der Waals surface area contributed by atoms with Crippen LogP contribution in [0.25, 0.3) is 0 Å². The van der Waals surface area contributed by atoms with Gasteiger partial charge >= 0.3 is 6.18 Å². The fraction of sp³-hybridized carbons (Fsp3) is 0.588. The Labute approximate surface area is 146 Å². The summed E-state index contributed by atoms with van der Waals surface area (Å²) >= 11 is 0. The lowest BCUT2D eigenvalue weighted by Crippen LogP contribution is -2.36. The van der Waals surface area contributed by atoms with Crippen LogP contribution in [0.1, 0.15) is 11.1 Å². The van der Waals surface area contributed by atoms with Crippen LogP contribution in [0.4, 0.5) is 18.9 Å². The van der Waals surface area contributed by atoms with Crippen molar-refractivity contribution >= 4 is 11.6 Å². The van der Waals surface area contributed by atoms with Crippen molar-refractivity contribution in [2.24, 2.45) is 4.99 Å². The van der Waals surface area contributed by atoms with E-state index in [0.717, 1.165) is 0 Å². The lowest BCUT2D eigenvalue weighted by molar-refractivity contribution is -0.138. The molecule has 0 bridgehead atoms.